The molecule has 0 spiro atoms. The predicted molar refractivity (Wildman–Crippen MR) is 108 cm³/mol. The average molecular weight is 422 g/mol. The van der Waals surface area contributed by atoms with Crippen LogP contribution in [0.1, 0.15) is 36.8 Å². The Morgan fingerprint density at radius 1 is 1.14 bits per heavy atom. The number of aromatic nitrogens is 3. The lowest BCUT2D eigenvalue weighted by atomic mass is 10.1. The number of sulfone groups is 1. The lowest BCUT2D eigenvalue weighted by Gasteiger charge is -2.01. The zero-order valence-corrected chi connectivity index (χ0v) is 17.7. The lowest BCUT2D eigenvalue weighted by molar-refractivity contribution is 0.414. The Morgan fingerprint density at radius 2 is 1.89 bits per heavy atom. The first-order chi connectivity index (χ1) is 13.3. The summed E-state index contributed by atoms with van der Waals surface area (Å²) in [4.78, 5) is 8.64. The zero-order chi connectivity index (χ0) is 20.1. The average Bonchev–Trinajstić information content (AvgIpc) is 3.28. The van der Waals surface area contributed by atoms with E-state index in [2.05, 4.69) is 29.0 Å². The summed E-state index contributed by atoms with van der Waals surface area (Å²) in [5.74, 6) is 1.30. The van der Waals surface area contributed by atoms with Crippen molar-refractivity contribution < 1.29 is 17.7 Å². The van der Waals surface area contributed by atoms with Gasteiger partial charge in [0, 0.05) is 10.9 Å². The molecule has 2 heterocycles. The lowest BCUT2D eigenvalue weighted by Crippen LogP contribution is -2.09. The second kappa shape index (κ2) is 8.83. The van der Waals surface area contributed by atoms with E-state index in [4.69, 9.17) is 9.26 Å². The zero-order valence-electron chi connectivity index (χ0n) is 16.1. The monoisotopic (exact) mass is 421 g/mol. The maximum Gasteiger partial charge on any atom is 0.257 e. The fourth-order valence-electron chi connectivity index (χ4n) is 2.58. The molecule has 7 nitrogen and oxygen atoms in total. The second-order valence-corrected chi connectivity index (χ2v) is 9.95. The summed E-state index contributed by atoms with van der Waals surface area (Å²) in [5.41, 5.74) is 1.27. The highest BCUT2D eigenvalue weighted by atomic mass is 32.2. The minimum Gasteiger partial charge on any atom is -0.497 e. The molecule has 9 heteroatoms. The predicted octanol–water partition coefficient (Wildman–Crippen LogP) is 3.91. The van der Waals surface area contributed by atoms with Crippen LogP contribution in [-0.4, -0.2) is 30.7 Å². The highest BCUT2D eigenvalue weighted by molar-refractivity contribution is 7.89. The molecule has 0 bridgehead atoms. The third-order valence-corrected chi connectivity index (χ3v) is 6.45. The fourth-order valence-corrected chi connectivity index (χ4v) is 4.71. The summed E-state index contributed by atoms with van der Waals surface area (Å²) in [6.45, 7) is 4.31. The normalized spacial score (nSPS) is 11.9. The second-order valence-electron chi connectivity index (χ2n) is 6.94. The van der Waals surface area contributed by atoms with Gasteiger partial charge in [-0.05, 0) is 43.0 Å². The van der Waals surface area contributed by atoms with Crippen molar-refractivity contribution in [1.82, 2.24) is 15.1 Å². The number of benzene rings is 1. The third-order valence-electron chi connectivity index (χ3n) is 4.06. The quantitative estimate of drug-likeness (QED) is 0.517. The highest BCUT2D eigenvalue weighted by Gasteiger charge is 2.20. The number of aryl methyl sites for hydroxylation is 1. The van der Waals surface area contributed by atoms with Crippen LogP contribution < -0.4 is 4.74 Å². The van der Waals surface area contributed by atoms with Gasteiger partial charge in [-0.1, -0.05) is 19.0 Å². The molecule has 3 aromatic rings. The SMILES string of the molecule is COc1ccc(-c2nc(CS(=O)(=O)Cc3csc(CCC(C)C)n3)no2)cc1. The molecule has 0 radical (unpaired) electrons. The van der Waals surface area contributed by atoms with Gasteiger partial charge in [0.1, 0.15) is 11.5 Å². The van der Waals surface area contributed by atoms with Gasteiger partial charge >= 0.3 is 0 Å². The number of hydrogen-bond acceptors (Lipinski definition) is 8. The summed E-state index contributed by atoms with van der Waals surface area (Å²) < 4.78 is 35.3. The van der Waals surface area contributed by atoms with E-state index in [1.165, 1.54) is 11.3 Å². The first kappa shape index (κ1) is 20.5. The summed E-state index contributed by atoms with van der Waals surface area (Å²) in [6.07, 6.45) is 1.91. The fraction of sp³-hybridized carbons (Fsp3) is 0.421. The molecular formula is C19H23N3O4S2. The van der Waals surface area contributed by atoms with Crippen LogP contribution in [0.3, 0.4) is 0 Å². The van der Waals surface area contributed by atoms with Crippen LogP contribution in [0.4, 0.5) is 0 Å². The molecule has 0 fully saturated rings. The van der Waals surface area contributed by atoms with Gasteiger partial charge in [-0.3, -0.25) is 0 Å². The van der Waals surface area contributed by atoms with Crippen LogP contribution in [0.2, 0.25) is 0 Å². The Bertz CT molecular complexity index is 1010. The van der Waals surface area contributed by atoms with Gasteiger partial charge in [0.2, 0.25) is 0 Å². The summed E-state index contributed by atoms with van der Waals surface area (Å²) in [5, 5.41) is 6.59. The van der Waals surface area contributed by atoms with Gasteiger partial charge < -0.3 is 9.26 Å². The van der Waals surface area contributed by atoms with Gasteiger partial charge in [0.25, 0.3) is 5.89 Å². The number of thiazole rings is 1. The maximum atomic E-state index is 12.5. The van der Waals surface area contributed by atoms with E-state index in [1.807, 2.05) is 5.38 Å². The van der Waals surface area contributed by atoms with Gasteiger partial charge in [0.05, 0.1) is 23.6 Å². The van der Waals surface area contributed by atoms with Crippen molar-refractivity contribution in [2.45, 2.75) is 38.2 Å². The molecular weight excluding hydrogens is 398 g/mol. The van der Waals surface area contributed by atoms with Crippen LogP contribution >= 0.6 is 11.3 Å². The molecule has 28 heavy (non-hydrogen) atoms. The number of ether oxygens (including phenoxy) is 1. The molecule has 0 saturated heterocycles. The molecule has 0 unspecified atom stereocenters. The third kappa shape index (κ3) is 5.62. The van der Waals surface area contributed by atoms with Gasteiger partial charge in [0.15, 0.2) is 15.7 Å². The molecule has 0 saturated carbocycles. The van der Waals surface area contributed by atoms with Crippen molar-refractivity contribution in [2.75, 3.05) is 7.11 Å². The van der Waals surface area contributed by atoms with E-state index >= 15 is 0 Å². The Kier molecular flexibility index (Phi) is 6.46. The van der Waals surface area contributed by atoms with E-state index < -0.39 is 9.84 Å². The molecule has 0 atom stereocenters. The molecule has 1 aromatic carbocycles. The van der Waals surface area contributed by atoms with Gasteiger partial charge in [-0.25, -0.2) is 13.4 Å². The van der Waals surface area contributed by atoms with Crippen LogP contribution in [0, 0.1) is 5.92 Å². The Balaban J connectivity index is 1.63. The van der Waals surface area contributed by atoms with E-state index in [0.29, 0.717) is 22.9 Å². The standard InChI is InChI=1S/C19H23N3O4S2/c1-13(2)4-9-18-20-15(10-27-18)11-28(23,24)12-17-21-19(26-22-17)14-5-7-16(25-3)8-6-14/h5-8,10,13H,4,9,11-12H2,1-3H3. The Labute approximate surface area is 168 Å². The number of nitrogens with zero attached hydrogens (tertiary/aromatic N) is 3. The van der Waals surface area contributed by atoms with E-state index in [-0.39, 0.29) is 23.2 Å². The minimum absolute atomic E-state index is 0.127. The number of methoxy groups -OCH3 is 1. The first-order valence-electron chi connectivity index (χ1n) is 8.95. The first-order valence-corrected chi connectivity index (χ1v) is 11.7. The van der Waals surface area contributed by atoms with Gasteiger partial charge in [-0.2, -0.15) is 4.98 Å². The van der Waals surface area contributed by atoms with E-state index in [1.54, 1.807) is 31.4 Å². The van der Waals surface area contributed by atoms with Crippen molar-refractivity contribution in [1.29, 1.82) is 0 Å². The molecule has 2 aromatic heterocycles. The van der Waals surface area contributed by atoms with Crippen LogP contribution in [-0.2, 0) is 27.8 Å². The largest absolute Gasteiger partial charge is 0.497 e. The summed E-state index contributed by atoms with van der Waals surface area (Å²) in [7, 11) is -1.86. The molecule has 3 rings (SSSR count). The van der Waals surface area contributed by atoms with Crippen LogP contribution in [0.5, 0.6) is 5.75 Å². The van der Waals surface area contributed by atoms with Crippen molar-refractivity contribution in [3.8, 4) is 17.2 Å². The van der Waals surface area contributed by atoms with Crippen molar-refractivity contribution in [2.24, 2.45) is 5.92 Å². The molecule has 0 amide bonds. The minimum atomic E-state index is -3.45. The van der Waals surface area contributed by atoms with Crippen molar-refractivity contribution in [3.63, 3.8) is 0 Å². The Hall–Kier alpha value is -2.26. The smallest absolute Gasteiger partial charge is 0.257 e. The summed E-state index contributed by atoms with van der Waals surface area (Å²) >= 11 is 1.51. The molecule has 0 aliphatic heterocycles. The van der Waals surface area contributed by atoms with Gasteiger partial charge in [-0.15, -0.1) is 11.3 Å². The number of rotatable bonds is 9. The van der Waals surface area contributed by atoms with E-state index in [9.17, 15) is 8.42 Å². The van der Waals surface area contributed by atoms with Crippen molar-refractivity contribution >= 4 is 21.2 Å². The maximum absolute atomic E-state index is 12.5. The van der Waals surface area contributed by atoms with E-state index in [0.717, 1.165) is 17.8 Å². The van der Waals surface area contributed by atoms with Crippen LogP contribution in [0.25, 0.3) is 11.5 Å². The summed E-state index contributed by atoms with van der Waals surface area (Å²) in [6, 6.07) is 7.10. The molecule has 150 valence electrons. The van der Waals surface area contributed by atoms with Crippen LogP contribution in [0.15, 0.2) is 34.2 Å². The topological polar surface area (TPSA) is 95.2 Å². The Morgan fingerprint density at radius 3 is 2.57 bits per heavy atom. The molecule has 0 aliphatic rings. The van der Waals surface area contributed by atoms with Crippen molar-refractivity contribution in [3.05, 3.63) is 46.2 Å². The molecule has 0 N–H and O–H groups in total. The highest BCUT2D eigenvalue weighted by Crippen LogP contribution is 2.22. The number of hydrogen-bond donors (Lipinski definition) is 0. The molecule has 0 aliphatic carbocycles.